The first kappa shape index (κ1) is 13.1. The molecule has 2 aliphatic carbocycles. The van der Waals surface area contributed by atoms with Gasteiger partial charge in [-0.1, -0.05) is 12.8 Å². The number of ether oxygens (including phenoxy) is 1. The van der Waals surface area contributed by atoms with Gasteiger partial charge >= 0.3 is 5.97 Å². The molecule has 0 bridgehead atoms. The summed E-state index contributed by atoms with van der Waals surface area (Å²) >= 11 is 1.74. The Morgan fingerprint density at radius 1 is 1.37 bits per heavy atom. The summed E-state index contributed by atoms with van der Waals surface area (Å²) in [6, 6.07) is 0. The fourth-order valence-electron chi connectivity index (χ4n) is 3.55. The second-order valence-electron chi connectivity index (χ2n) is 5.84. The zero-order chi connectivity index (χ0) is 13.3. The Morgan fingerprint density at radius 2 is 2.16 bits per heavy atom. The summed E-state index contributed by atoms with van der Waals surface area (Å²) in [5.74, 6) is -0.149. The van der Waals surface area contributed by atoms with E-state index in [1.165, 1.54) is 49.1 Å². The topological polar surface area (TPSA) is 39.2 Å². The fraction of sp³-hybridized carbons (Fsp3) is 0.733. The first-order valence-electron chi connectivity index (χ1n) is 7.34. The minimum Gasteiger partial charge on any atom is -0.466 e. The van der Waals surface area contributed by atoms with Gasteiger partial charge in [-0.25, -0.2) is 4.98 Å². The standard InChI is InChI=1S/C15H21NO2S/c1-2-18-14(17)9-13-16-11-5-8-15(6-3-4-7-15)10-12(11)19-13/h2-10H2,1H3. The summed E-state index contributed by atoms with van der Waals surface area (Å²) in [5, 5.41) is 0.943. The summed E-state index contributed by atoms with van der Waals surface area (Å²) in [7, 11) is 0. The molecule has 0 aliphatic heterocycles. The van der Waals surface area contributed by atoms with Gasteiger partial charge in [0.25, 0.3) is 0 Å². The van der Waals surface area contributed by atoms with Crippen molar-refractivity contribution in [3.05, 3.63) is 15.6 Å². The molecule has 1 fully saturated rings. The first-order chi connectivity index (χ1) is 9.21. The van der Waals surface area contributed by atoms with E-state index in [1.54, 1.807) is 11.3 Å². The molecular weight excluding hydrogens is 258 g/mol. The van der Waals surface area contributed by atoms with Crippen molar-refractivity contribution >= 4 is 17.3 Å². The smallest absolute Gasteiger partial charge is 0.312 e. The number of hydrogen-bond acceptors (Lipinski definition) is 4. The highest BCUT2D eigenvalue weighted by Crippen LogP contribution is 2.48. The molecule has 1 spiro atoms. The molecule has 1 aromatic heterocycles. The van der Waals surface area contributed by atoms with Crippen LogP contribution in [0.3, 0.4) is 0 Å². The number of carbonyl (C=O) groups is 1. The van der Waals surface area contributed by atoms with Gasteiger partial charge in [0.1, 0.15) is 5.01 Å². The third-order valence-electron chi connectivity index (χ3n) is 4.52. The molecule has 0 unspecified atom stereocenters. The second kappa shape index (κ2) is 5.23. The molecular formula is C15H21NO2S. The summed E-state index contributed by atoms with van der Waals surface area (Å²) in [4.78, 5) is 17.6. The van der Waals surface area contributed by atoms with E-state index in [0.29, 0.717) is 18.4 Å². The summed E-state index contributed by atoms with van der Waals surface area (Å²) < 4.78 is 5.00. The number of carbonyl (C=O) groups excluding carboxylic acids is 1. The maximum absolute atomic E-state index is 11.5. The molecule has 4 heteroatoms. The van der Waals surface area contributed by atoms with Crippen LogP contribution in [0.4, 0.5) is 0 Å². The van der Waals surface area contributed by atoms with Crippen molar-refractivity contribution in [1.82, 2.24) is 4.98 Å². The van der Waals surface area contributed by atoms with Gasteiger partial charge in [-0.3, -0.25) is 4.79 Å². The van der Waals surface area contributed by atoms with Crippen LogP contribution in [-0.4, -0.2) is 17.6 Å². The van der Waals surface area contributed by atoms with E-state index in [9.17, 15) is 4.79 Å². The van der Waals surface area contributed by atoms with Crippen molar-refractivity contribution in [1.29, 1.82) is 0 Å². The normalized spacial score (nSPS) is 20.5. The maximum Gasteiger partial charge on any atom is 0.312 e. The Bertz CT molecular complexity index is 474. The number of nitrogens with zero attached hydrogens (tertiary/aromatic N) is 1. The Labute approximate surface area is 118 Å². The Hall–Kier alpha value is -0.900. The molecule has 19 heavy (non-hydrogen) atoms. The number of hydrogen-bond donors (Lipinski definition) is 0. The van der Waals surface area contributed by atoms with E-state index in [1.807, 2.05) is 6.92 Å². The zero-order valence-electron chi connectivity index (χ0n) is 11.5. The number of aromatic nitrogens is 1. The van der Waals surface area contributed by atoms with Crippen LogP contribution in [0.25, 0.3) is 0 Å². The predicted octanol–water partition coefficient (Wildman–Crippen LogP) is 3.30. The van der Waals surface area contributed by atoms with Crippen molar-refractivity contribution in [3.63, 3.8) is 0 Å². The second-order valence-corrected chi connectivity index (χ2v) is 7.01. The lowest BCUT2D eigenvalue weighted by Gasteiger charge is -2.32. The Balaban J connectivity index is 1.72. The van der Waals surface area contributed by atoms with Crippen LogP contribution < -0.4 is 0 Å². The van der Waals surface area contributed by atoms with Crippen LogP contribution in [0.1, 0.15) is 54.6 Å². The number of fused-ring (bicyclic) bond motifs is 1. The number of esters is 1. The van der Waals surface area contributed by atoms with E-state index in [4.69, 9.17) is 4.74 Å². The third-order valence-corrected chi connectivity index (χ3v) is 5.61. The van der Waals surface area contributed by atoms with Gasteiger partial charge in [0.05, 0.1) is 18.7 Å². The number of rotatable bonds is 3. The zero-order valence-corrected chi connectivity index (χ0v) is 12.4. The van der Waals surface area contributed by atoms with Crippen LogP contribution in [0.2, 0.25) is 0 Å². The predicted molar refractivity (Wildman–Crippen MR) is 75.4 cm³/mol. The molecule has 0 saturated heterocycles. The minimum absolute atomic E-state index is 0.149. The Morgan fingerprint density at radius 3 is 2.89 bits per heavy atom. The minimum atomic E-state index is -0.149. The lowest BCUT2D eigenvalue weighted by molar-refractivity contribution is -0.142. The highest BCUT2D eigenvalue weighted by molar-refractivity contribution is 7.11. The largest absolute Gasteiger partial charge is 0.466 e. The van der Waals surface area contributed by atoms with E-state index in [-0.39, 0.29) is 5.97 Å². The van der Waals surface area contributed by atoms with Gasteiger partial charge in [-0.15, -0.1) is 11.3 Å². The quantitative estimate of drug-likeness (QED) is 0.797. The number of thiazole rings is 1. The van der Waals surface area contributed by atoms with Crippen LogP contribution in [0.5, 0.6) is 0 Å². The highest BCUT2D eigenvalue weighted by atomic mass is 32.1. The molecule has 104 valence electrons. The van der Waals surface area contributed by atoms with Crippen LogP contribution in [0.15, 0.2) is 0 Å². The molecule has 1 saturated carbocycles. The third kappa shape index (κ3) is 2.69. The van der Waals surface area contributed by atoms with E-state index in [2.05, 4.69) is 4.98 Å². The molecule has 0 atom stereocenters. The Kier molecular flexibility index (Phi) is 3.61. The molecule has 1 heterocycles. The van der Waals surface area contributed by atoms with E-state index in [0.717, 1.165) is 11.4 Å². The van der Waals surface area contributed by atoms with Crippen molar-refractivity contribution < 1.29 is 9.53 Å². The SMILES string of the molecule is CCOC(=O)Cc1nc2c(s1)CC1(CCCC1)CC2. The van der Waals surface area contributed by atoms with Gasteiger partial charge in [0, 0.05) is 4.88 Å². The molecule has 0 aromatic carbocycles. The molecule has 3 rings (SSSR count). The summed E-state index contributed by atoms with van der Waals surface area (Å²) in [6.45, 7) is 2.29. The summed E-state index contributed by atoms with van der Waals surface area (Å²) in [6.07, 6.45) is 9.50. The lowest BCUT2D eigenvalue weighted by Crippen LogP contribution is -2.24. The van der Waals surface area contributed by atoms with Crippen molar-refractivity contribution in [3.8, 4) is 0 Å². The molecule has 0 N–H and O–H groups in total. The van der Waals surface area contributed by atoms with Crippen molar-refractivity contribution in [2.24, 2.45) is 5.41 Å². The van der Waals surface area contributed by atoms with Gasteiger partial charge in [-0.05, 0) is 44.4 Å². The van der Waals surface area contributed by atoms with E-state index >= 15 is 0 Å². The molecule has 2 aliphatic rings. The van der Waals surface area contributed by atoms with Crippen molar-refractivity contribution in [2.75, 3.05) is 6.61 Å². The summed E-state index contributed by atoms with van der Waals surface area (Å²) in [5.41, 5.74) is 1.82. The highest BCUT2D eigenvalue weighted by Gasteiger charge is 2.38. The van der Waals surface area contributed by atoms with Gasteiger partial charge in [0.2, 0.25) is 0 Å². The average molecular weight is 279 g/mol. The van der Waals surface area contributed by atoms with Crippen LogP contribution in [0, 0.1) is 5.41 Å². The molecule has 3 nitrogen and oxygen atoms in total. The molecule has 0 amide bonds. The maximum atomic E-state index is 11.5. The average Bonchev–Trinajstić information content (AvgIpc) is 2.96. The van der Waals surface area contributed by atoms with Gasteiger partial charge in [0.15, 0.2) is 0 Å². The van der Waals surface area contributed by atoms with Crippen LogP contribution in [-0.2, 0) is 28.8 Å². The van der Waals surface area contributed by atoms with E-state index < -0.39 is 0 Å². The molecule has 1 aromatic rings. The van der Waals surface area contributed by atoms with Gasteiger partial charge in [-0.2, -0.15) is 0 Å². The monoisotopic (exact) mass is 279 g/mol. The first-order valence-corrected chi connectivity index (χ1v) is 8.15. The van der Waals surface area contributed by atoms with Crippen LogP contribution >= 0.6 is 11.3 Å². The van der Waals surface area contributed by atoms with Crippen molar-refractivity contribution in [2.45, 2.75) is 58.3 Å². The molecule has 0 radical (unpaired) electrons. The van der Waals surface area contributed by atoms with Gasteiger partial charge < -0.3 is 4.74 Å². The number of aryl methyl sites for hydroxylation is 1. The lowest BCUT2D eigenvalue weighted by atomic mass is 9.74. The fourth-order valence-corrected chi connectivity index (χ4v) is 4.82.